The molecule has 8 heteroatoms. The van der Waals surface area contributed by atoms with Gasteiger partial charge in [-0.2, -0.15) is 4.58 Å². The zero-order valence-corrected chi connectivity index (χ0v) is 14.7. The molecule has 0 bridgehead atoms. The van der Waals surface area contributed by atoms with E-state index in [1.54, 1.807) is 10.6 Å². The summed E-state index contributed by atoms with van der Waals surface area (Å²) in [5, 5.41) is 1.95. The van der Waals surface area contributed by atoms with Crippen LogP contribution in [0.15, 0.2) is 24.5 Å². The number of ether oxygens (including phenoxy) is 1. The highest BCUT2D eigenvalue weighted by Gasteiger charge is 2.30. The first-order chi connectivity index (χ1) is 12.1. The second kappa shape index (κ2) is 6.13. The van der Waals surface area contributed by atoms with Gasteiger partial charge in [-0.15, -0.1) is 0 Å². The van der Waals surface area contributed by atoms with E-state index < -0.39 is 0 Å². The van der Waals surface area contributed by atoms with E-state index in [9.17, 15) is 4.79 Å². The Bertz CT molecular complexity index is 1030. The average molecular weight is 376 g/mol. The number of carbonyl (C=O) groups excluding carboxylic acids is 1. The number of halogens is 2. The molecule has 1 aliphatic heterocycles. The van der Waals surface area contributed by atoms with E-state index in [4.69, 9.17) is 27.9 Å². The molecule has 1 amide bonds. The van der Waals surface area contributed by atoms with Gasteiger partial charge in [-0.1, -0.05) is 29.3 Å². The fourth-order valence-electron chi connectivity index (χ4n) is 2.92. The minimum atomic E-state index is -0.261. The van der Waals surface area contributed by atoms with Crippen LogP contribution in [0.1, 0.15) is 21.9 Å². The van der Waals surface area contributed by atoms with Crippen molar-refractivity contribution >= 4 is 46.2 Å². The molecule has 3 heterocycles. The Kier molecular flexibility index (Phi) is 3.94. The lowest BCUT2D eigenvalue weighted by Gasteiger charge is -2.08. The highest BCUT2D eigenvalue weighted by Crippen LogP contribution is 2.34. The molecule has 0 atom stereocenters. The van der Waals surface area contributed by atoms with E-state index in [1.807, 2.05) is 12.3 Å². The minimum Gasteiger partial charge on any atom is -0.494 e. The van der Waals surface area contributed by atoms with Crippen LogP contribution in [-0.2, 0) is 13.0 Å². The smallest absolute Gasteiger partial charge is 0.457 e. The number of benzene rings is 1. The summed E-state index contributed by atoms with van der Waals surface area (Å²) in [6.07, 6.45) is 5.36. The second-order valence-corrected chi connectivity index (χ2v) is 6.42. The summed E-state index contributed by atoms with van der Waals surface area (Å²) in [6, 6.07) is 3.67. The Hall–Kier alpha value is -2.44. The van der Waals surface area contributed by atoms with Crippen LogP contribution < -0.4 is 4.74 Å². The van der Waals surface area contributed by atoms with Crippen molar-refractivity contribution in [2.75, 3.05) is 7.11 Å². The molecule has 6 nitrogen and oxygen atoms in total. The Morgan fingerprint density at radius 3 is 2.76 bits per heavy atom. The summed E-state index contributed by atoms with van der Waals surface area (Å²) >= 11 is 12.4. The first-order valence-corrected chi connectivity index (χ1v) is 8.32. The maximum absolute atomic E-state index is 12.7. The Labute approximate surface area is 153 Å². The molecule has 126 valence electrons. The summed E-state index contributed by atoms with van der Waals surface area (Å²) in [5.74, 6) is 0.369. The molecule has 1 N–H and O–H groups in total. The predicted octanol–water partition coefficient (Wildman–Crippen LogP) is 3.25. The third-order valence-electron chi connectivity index (χ3n) is 4.22. The molecule has 2 aromatic heterocycles. The number of nitrogens with zero attached hydrogens (tertiary/aromatic N) is 3. The third-order valence-corrected chi connectivity index (χ3v) is 5.02. The molecular weight excluding hydrogens is 363 g/mol. The second-order valence-electron chi connectivity index (χ2n) is 5.63. The van der Waals surface area contributed by atoms with Crippen molar-refractivity contribution in [1.82, 2.24) is 15.0 Å². The number of H-pyrrole nitrogens is 1. The van der Waals surface area contributed by atoms with Crippen molar-refractivity contribution in [3.63, 3.8) is 0 Å². The monoisotopic (exact) mass is 375 g/mol. The number of amides is 1. The van der Waals surface area contributed by atoms with Gasteiger partial charge in [0.15, 0.2) is 18.5 Å². The van der Waals surface area contributed by atoms with Crippen LogP contribution in [-0.4, -0.2) is 38.8 Å². The topological polar surface area (TPSA) is 70.9 Å². The lowest BCUT2D eigenvalue weighted by atomic mass is 10.1. The molecule has 0 fully saturated rings. The summed E-state index contributed by atoms with van der Waals surface area (Å²) in [4.78, 5) is 24.1. The van der Waals surface area contributed by atoms with Crippen LogP contribution >= 0.6 is 23.2 Å². The van der Waals surface area contributed by atoms with Crippen molar-refractivity contribution in [3.8, 4) is 5.75 Å². The Morgan fingerprint density at radius 2 is 2.04 bits per heavy atom. The van der Waals surface area contributed by atoms with Gasteiger partial charge in [-0.25, -0.2) is 14.8 Å². The van der Waals surface area contributed by atoms with E-state index in [-0.39, 0.29) is 11.7 Å². The first kappa shape index (κ1) is 16.1. The largest absolute Gasteiger partial charge is 0.494 e. The zero-order chi connectivity index (χ0) is 17.6. The zero-order valence-electron chi connectivity index (χ0n) is 13.2. The quantitative estimate of drug-likeness (QED) is 0.697. The third kappa shape index (κ3) is 2.67. The maximum atomic E-state index is 12.7. The Morgan fingerprint density at radius 1 is 1.28 bits per heavy atom. The summed E-state index contributed by atoms with van der Waals surface area (Å²) in [7, 11) is 1.52. The normalized spacial score (nSPS) is 13.5. The summed E-state index contributed by atoms with van der Waals surface area (Å²) in [5.41, 5.74) is 2.85. The molecule has 0 saturated carbocycles. The van der Waals surface area contributed by atoms with Crippen molar-refractivity contribution in [2.45, 2.75) is 13.0 Å². The van der Waals surface area contributed by atoms with Crippen LogP contribution in [0, 0.1) is 0 Å². The fourth-order valence-corrected chi connectivity index (χ4v) is 3.29. The molecule has 0 radical (unpaired) electrons. The molecule has 0 saturated heterocycles. The van der Waals surface area contributed by atoms with Gasteiger partial charge in [-0.05, 0) is 6.07 Å². The van der Waals surface area contributed by atoms with E-state index in [2.05, 4.69) is 15.0 Å². The minimum absolute atomic E-state index is 0.126. The van der Waals surface area contributed by atoms with Crippen LogP contribution in [0.3, 0.4) is 0 Å². The molecule has 1 aromatic carbocycles. The number of fused-ring (bicyclic) bond motifs is 3. The maximum Gasteiger partial charge on any atom is 0.457 e. The predicted molar refractivity (Wildman–Crippen MR) is 95.0 cm³/mol. The molecular formula is C17H13Cl2N4O2+. The molecule has 1 aliphatic rings. The van der Waals surface area contributed by atoms with Gasteiger partial charge in [0.05, 0.1) is 41.5 Å². The van der Waals surface area contributed by atoms with Crippen molar-refractivity contribution in [1.29, 1.82) is 0 Å². The first-order valence-electron chi connectivity index (χ1n) is 7.56. The van der Waals surface area contributed by atoms with Crippen molar-refractivity contribution in [2.24, 2.45) is 0 Å². The molecule has 3 aromatic rings. The fraction of sp³-hybridized carbons (Fsp3) is 0.176. The lowest BCUT2D eigenvalue weighted by molar-refractivity contribution is -0.443. The number of aromatic nitrogens is 3. The lowest BCUT2D eigenvalue weighted by Crippen LogP contribution is -2.27. The number of carbonyl (C=O) groups is 1. The summed E-state index contributed by atoms with van der Waals surface area (Å²) in [6.45, 7) is 0.418. The average Bonchev–Trinajstić information content (AvgIpc) is 3.03. The van der Waals surface area contributed by atoms with Gasteiger partial charge < -0.3 is 9.72 Å². The molecule has 0 aliphatic carbocycles. The molecule has 4 rings (SSSR count). The number of aromatic amines is 1. The van der Waals surface area contributed by atoms with Gasteiger partial charge in [0, 0.05) is 16.6 Å². The molecule has 25 heavy (non-hydrogen) atoms. The highest BCUT2D eigenvalue weighted by molar-refractivity contribution is 6.45. The molecule has 0 spiro atoms. The van der Waals surface area contributed by atoms with Crippen molar-refractivity contribution < 1.29 is 14.1 Å². The molecule has 0 unspecified atom stereocenters. The van der Waals surface area contributed by atoms with Gasteiger partial charge in [0.1, 0.15) is 0 Å². The van der Waals surface area contributed by atoms with Gasteiger partial charge in [0.2, 0.25) is 0 Å². The number of rotatable bonds is 2. The number of nitrogens with one attached hydrogen (secondary N) is 1. The standard InChI is InChI=1S/C17H13Cl2N4O2/c1-25-9-6-20-16(21-7-9)17(24)23-5-4-13-11(8-23)10-2-3-12(18)14(19)15(10)22-13/h2-3,5-7,22H,4,8H2,1H3/q+1. The Balaban J connectivity index is 1.68. The number of hydrogen-bond donors (Lipinski definition) is 1. The van der Waals surface area contributed by atoms with Crippen LogP contribution in [0.5, 0.6) is 5.75 Å². The van der Waals surface area contributed by atoms with Crippen LogP contribution in [0.25, 0.3) is 10.9 Å². The number of hydrogen-bond acceptors (Lipinski definition) is 4. The van der Waals surface area contributed by atoms with Crippen molar-refractivity contribution in [3.05, 3.63) is 51.7 Å². The van der Waals surface area contributed by atoms with Gasteiger partial charge >= 0.3 is 5.91 Å². The van der Waals surface area contributed by atoms with E-state index in [0.29, 0.717) is 28.8 Å². The van der Waals surface area contributed by atoms with Crippen LogP contribution in [0.2, 0.25) is 10.0 Å². The van der Waals surface area contributed by atoms with Crippen LogP contribution in [0.4, 0.5) is 0 Å². The van der Waals surface area contributed by atoms with E-state index >= 15 is 0 Å². The van der Waals surface area contributed by atoms with E-state index in [0.717, 1.165) is 22.2 Å². The SMILES string of the molecule is COc1cnc(C(=O)[N+]2=CCc3[nH]c4c(Cl)c(Cl)ccc4c3C2)nc1. The number of methoxy groups -OCH3 is 1. The summed E-state index contributed by atoms with van der Waals surface area (Å²) < 4.78 is 6.63. The van der Waals surface area contributed by atoms with Gasteiger partial charge in [0.25, 0.3) is 5.82 Å². The van der Waals surface area contributed by atoms with E-state index in [1.165, 1.54) is 19.5 Å². The van der Waals surface area contributed by atoms with Gasteiger partial charge in [-0.3, -0.25) is 0 Å². The highest BCUT2D eigenvalue weighted by atomic mass is 35.5.